The number of morpholine rings is 1. The summed E-state index contributed by atoms with van der Waals surface area (Å²) in [7, 11) is 0. The van der Waals surface area contributed by atoms with Crippen LogP contribution in [0.1, 0.15) is 32.5 Å². The average Bonchev–Trinajstić information content (AvgIpc) is 3.22. The van der Waals surface area contributed by atoms with E-state index in [4.69, 9.17) is 19.7 Å². The summed E-state index contributed by atoms with van der Waals surface area (Å²) in [4.78, 5) is 36.8. The van der Waals surface area contributed by atoms with Crippen molar-refractivity contribution in [3.8, 4) is 0 Å². The number of nitrogens with zero attached hydrogens (tertiary/aromatic N) is 4. The van der Waals surface area contributed by atoms with Crippen molar-refractivity contribution < 1.29 is 4.74 Å². The number of aromatic nitrogens is 4. The lowest BCUT2D eigenvalue weighted by Crippen LogP contribution is -2.36. The average molecular weight is 488 g/mol. The van der Waals surface area contributed by atoms with Crippen LogP contribution in [0.15, 0.2) is 9.82 Å². The van der Waals surface area contributed by atoms with Crippen LogP contribution in [0, 0.1) is 27.7 Å². The molecule has 4 aromatic heterocycles. The van der Waals surface area contributed by atoms with Gasteiger partial charge in [0.05, 0.1) is 30.9 Å². The fraction of sp³-hybridized carbons (Fsp3) is 0.455. The third-order valence-corrected chi connectivity index (χ3v) is 9.13. The Balaban J connectivity index is 1.47. The van der Waals surface area contributed by atoms with Crippen LogP contribution in [0.4, 0.5) is 0 Å². The van der Waals surface area contributed by atoms with E-state index < -0.39 is 0 Å². The second-order valence-corrected chi connectivity index (χ2v) is 11.4. The highest BCUT2D eigenvalue weighted by Gasteiger charge is 2.19. The fourth-order valence-corrected chi connectivity index (χ4v) is 7.03. The zero-order chi connectivity index (χ0) is 22.4. The summed E-state index contributed by atoms with van der Waals surface area (Å²) in [5, 5.41) is 2.79. The largest absolute Gasteiger partial charge is 0.379 e. The summed E-state index contributed by atoms with van der Waals surface area (Å²) in [6, 6.07) is 0. The number of thiophene rings is 2. The van der Waals surface area contributed by atoms with Gasteiger partial charge in [-0.3, -0.25) is 9.69 Å². The molecule has 0 spiro atoms. The van der Waals surface area contributed by atoms with Crippen LogP contribution in [0.2, 0.25) is 0 Å². The van der Waals surface area contributed by atoms with Crippen molar-refractivity contribution in [1.29, 1.82) is 0 Å². The zero-order valence-corrected chi connectivity index (χ0v) is 21.0. The minimum Gasteiger partial charge on any atom is -0.379 e. The number of aromatic amines is 1. The lowest BCUT2D eigenvalue weighted by atomic mass is 10.2. The van der Waals surface area contributed by atoms with E-state index in [1.807, 2.05) is 13.8 Å². The van der Waals surface area contributed by atoms with Crippen LogP contribution >= 0.6 is 34.4 Å². The highest BCUT2D eigenvalue weighted by Crippen LogP contribution is 2.36. The Morgan fingerprint density at radius 2 is 1.62 bits per heavy atom. The first kappa shape index (κ1) is 22.0. The lowest BCUT2D eigenvalue weighted by molar-refractivity contribution is 0.0330. The first-order valence-electron chi connectivity index (χ1n) is 10.6. The van der Waals surface area contributed by atoms with E-state index in [2.05, 4.69) is 23.7 Å². The number of fused-ring (bicyclic) bond motifs is 2. The molecule has 0 unspecified atom stereocenters. The highest BCUT2D eigenvalue weighted by atomic mass is 32.2. The minimum absolute atomic E-state index is 0.0594. The number of ether oxygens (including phenoxy) is 1. The van der Waals surface area contributed by atoms with Gasteiger partial charge in [-0.05, 0) is 38.8 Å². The molecule has 0 saturated carbocycles. The van der Waals surface area contributed by atoms with E-state index in [-0.39, 0.29) is 5.56 Å². The number of nitrogens with one attached hydrogen (secondary N) is 1. The molecule has 1 saturated heterocycles. The smallest absolute Gasteiger partial charge is 0.259 e. The van der Waals surface area contributed by atoms with E-state index in [0.717, 1.165) is 69.2 Å². The van der Waals surface area contributed by atoms with Crippen molar-refractivity contribution in [2.75, 3.05) is 26.3 Å². The van der Waals surface area contributed by atoms with Gasteiger partial charge in [-0.2, -0.15) is 0 Å². The zero-order valence-electron chi connectivity index (χ0n) is 18.6. The van der Waals surface area contributed by atoms with Crippen LogP contribution < -0.4 is 5.56 Å². The fourth-order valence-electron chi connectivity index (χ4n) is 3.89. The number of aryl methyl sites for hydroxylation is 4. The Morgan fingerprint density at radius 1 is 0.969 bits per heavy atom. The van der Waals surface area contributed by atoms with Crippen LogP contribution in [0.3, 0.4) is 0 Å². The first-order valence-corrected chi connectivity index (χ1v) is 13.2. The molecule has 0 bridgehead atoms. The summed E-state index contributed by atoms with van der Waals surface area (Å²) >= 11 is 4.92. The van der Waals surface area contributed by atoms with Gasteiger partial charge in [0.2, 0.25) is 0 Å². The van der Waals surface area contributed by atoms with Gasteiger partial charge in [-0.1, -0.05) is 11.8 Å². The molecule has 1 fully saturated rings. The molecule has 5 heterocycles. The number of H-pyrrole nitrogens is 1. The Morgan fingerprint density at radius 3 is 2.34 bits per heavy atom. The number of hydrogen-bond acceptors (Lipinski definition) is 9. The maximum Gasteiger partial charge on any atom is 0.259 e. The predicted octanol–water partition coefficient (Wildman–Crippen LogP) is 4.35. The van der Waals surface area contributed by atoms with Gasteiger partial charge in [0.25, 0.3) is 5.56 Å². The molecule has 5 rings (SSSR count). The predicted molar refractivity (Wildman–Crippen MR) is 132 cm³/mol. The molecule has 32 heavy (non-hydrogen) atoms. The van der Waals surface area contributed by atoms with Crippen molar-refractivity contribution in [2.24, 2.45) is 0 Å². The molecule has 0 aromatic carbocycles. The Labute approximate surface area is 198 Å². The second-order valence-electron chi connectivity index (χ2n) is 8.06. The molecule has 0 aliphatic carbocycles. The third-order valence-electron chi connectivity index (χ3n) is 5.94. The van der Waals surface area contributed by atoms with Crippen LogP contribution in [-0.2, 0) is 17.0 Å². The molecule has 0 amide bonds. The summed E-state index contributed by atoms with van der Waals surface area (Å²) in [6.07, 6.45) is 0. The molecule has 0 atom stereocenters. The lowest BCUT2D eigenvalue weighted by Gasteiger charge is -2.25. The van der Waals surface area contributed by atoms with Gasteiger partial charge in [0.1, 0.15) is 26.3 Å². The normalized spacial score (nSPS) is 15.2. The Bertz CT molecular complexity index is 1370. The standard InChI is InChI=1S/C22H25N5O2S3/c1-11-13(3)31-21-17(11)19(28)23-16(26-21)10-30-20-18-12(2)14(4)32-22(18)25-15(24-20)9-27-5-7-29-8-6-27/h5-10H2,1-4H3,(H,23,26,28). The van der Waals surface area contributed by atoms with Gasteiger partial charge in [0, 0.05) is 28.2 Å². The van der Waals surface area contributed by atoms with E-state index in [9.17, 15) is 4.79 Å². The molecular weight excluding hydrogens is 462 g/mol. The molecule has 10 heteroatoms. The van der Waals surface area contributed by atoms with Gasteiger partial charge in [0.15, 0.2) is 0 Å². The van der Waals surface area contributed by atoms with Crippen molar-refractivity contribution in [2.45, 2.75) is 45.0 Å². The third kappa shape index (κ3) is 4.10. The maximum atomic E-state index is 12.7. The molecule has 168 valence electrons. The van der Waals surface area contributed by atoms with Crippen LogP contribution in [-0.4, -0.2) is 51.1 Å². The number of rotatable bonds is 5. The van der Waals surface area contributed by atoms with Gasteiger partial charge in [-0.15, -0.1) is 22.7 Å². The van der Waals surface area contributed by atoms with Crippen molar-refractivity contribution >= 4 is 54.9 Å². The maximum absolute atomic E-state index is 12.7. The highest BCUT2D eigenvalue weighted by molar-refractivity contribution is 7.98. The molecule has 1 aliphatic heterocycles. The number of thioether (sulfide) groups is 1. The molecule has 4 aromatic rings. The Kier molecular flexibility index (Phi) is 6.06. The Hall–Kier alpha value is -1.85. The summed E-state index contributed by atoms with van der Waals surface area (Å²) < 4.78 is 5.47. The molecular formula is C22H25N5O2S3. The molecule has 7 nitrogen and oxygen atoms in total. The monoisotopic (exact) mass is 487 g/mol. The summed E-state index contributed by atoms with van der Waals surface area (Å²) in [5.74, 6) is 2.07. The topological polar surface area (TPSA) is 84.0 Å². The van der Waals surface area contributed by atoms with Crippen LogP contribution in [0.5, 0.6) is 0 Å². The van der Waals surface area contributed by atoms with Gasteiger partial charge in [-0.25, -0.2) is 15.0 Å². The SMILES string of the molecule is Cc1sc2nc(CN3CCOCC3)nc(SCc3nc4sc(C)c(C)c4c(=O)[nH]3)c2c1C. The van der Waals surface area contributed by atoms with Gasteiger partial charge >= 0.3 is 0 Å². The van der Waals surface area contributed by atoms with E-state index >= 15 is 0 Å². The molecule has 1 N–H and O–H groups in total. The van der Waals surface area contributed by atoms with Crippen molar-refractivity contribution in [1.82, 2.24) is 24.8 Å². The number of hydrogen-bond donors (Lipinski definition) is 1. The first-order chi connectivity index (χ1) is 15.4. The summed E-state index contributed by atoms with van der Waals surface area (Å²) in [6.45, 7) is 12.3. The van der Waals surface area contributed by atoms with Crippen molar-refractivity contribution in [3.63, 3.8) is 0 Å². The van der Waals surface area contributed by atoms with Crippen molar-refractivity contribution in [3.05, 3.63) is 42.9 Å². The molecule has 1 aliphatic rings. The minimum atomic E-state index is -0.0594. The molecule has 0 radical (unpaired) electrons. The van der Waals surface area contributed by atoms with E-state index in [1.165, 1.54) is 10.4 Å². The van der Waals surface area contributed by atoms with E-state index in [0.29, 0.717) is 17.0 Å². The van der Waals surface area contributed by atoms with Gasteiger partial charge < -0.3 is 9.72 Å². The van der Waals surface area contributed by atoms with Crippen LogP contribution in [0.25, 0.3) is 20.4 Å². The quantitative estimate of drug-likeness (QED) is 0.331. The summed E-state index contributed by atoms with van der Waals surface area (Å²) in [5.41, 5.74) is 2.19. The van der Waals surface area contributed by atoms with E-state index in [1.54, 1.807) is 34.4 Å². The second kappa shape index (κ2) is 8.83.